The van der Waals surface area contributed by atoms with Gasteiger partial charge in [-0.15, -0.1) is 0 Å². The molecule has 0 saturated carbocycles. The fourth-order valence-electron chi connectivity index (χ4n) is 4.09. The van der Waals surface area contributed by atoms with Gasteiger partial charge in [-0.05, 0) is 54.8 Å². The van der Waals surface area contributed by atoms with Gasteiger partial charge in [-0.3, -0.25) is 9.59 Å². The molecule has 2 atom stereocenters. The summed E-state index contributed by atoms with van der Waals surface area (Å²) >= 11 is 12.8. The largest absolute Gasteiger partial charge is 0.352 e. The van der Waals surface area contributed by atoms with Crippen LogP contribution in [0.1, 0.15) is 39.2 Å². The summed E-state index contributed by atoms with van der Waals surface area (Å²) in [6.07, 6.45) is 1.04. The second-order valence-electron chi connectivity index (χ2n) is 9.23. The molecule has 0 aliphatic heterocycles. The maximum absolute atomic E-state index is 13.7. The van der Waals surface area contributed by atoms with Crippen LogP contribution < -0.4 is 5.32 Å². The van der Waals surface area contributed by atoms with Crippen molar-refractivity contribution in [1.29, 1.82) is 0 Å². The second kappa shape index (κ2) is 12.9. The Balaban J connectivity index is 1.93. The van der Waals surface area contributed by atoms with Gasteiger partial charge in [0.15, 0.2) is 0 Å². The van der Waals surface area contributed by atoms with E-state index in [0.717, 1.165) is 21.5 Å². The average Bonchev–Trinajstić information content (AvgIpc) is 2.89. The monoisotopic (exact) mass is 577 g/mol. The number of carbonyl (C=O) groups excluding carboxylic acids is 2. The summed E-state index contributed by atoms with van der Waals surface area (Å²) in [5, 5.41) is 5.31. The van der Waals surface area contributed by atoms with Crippen LogP contribution in [0.5, 0.6) is 0 Å². The first-order chi connectivity index (χ1) is 18.0. The quantitative estimate of drug-likeness (QED) is 0.326. The van der Waals surface area contributed by atoms with Gasteiger partial charge in [0.25, 0.3) is 0 Å². The topological polar surface area (TPSA) is 86.8 Å². The lowest BCUT2D eigenvalue weighted by Crippen LogP contribution is -2.53. The highest BCUT2D eigenvalue weighted by Gasteiger charge is 2.33. The molecular formula is C28H33Cl2N3O4S. The van der Waals surface area contributed by atoms with Crippen molar-refractivity contribution in [2.24, 2.45) is 0 Å². The molecule has 0 heterocycles. The Hall–Kier alpha value is -2.65. The lowest BCUT2D eigenvalue weighted by Gasteiger charge is -2.33. The molecule has 0 saturated heterocycles. The van der Waals surface area contributed by atoms with Crippen molar-refractivity contribution in [3.05, 3.63) is 76.3 Å². The zero-order valence-corrected chi connectivity index (χ0v) is 24.3. The number of nitrogens with one attached hydrogen (secondary N) is 1. The summed E-state index contributed by atoms with van der Waals surface area (Å²) in [7, 11) is -2.64. The van der Waals surface area contributed by atoms with Gasteiger partial charge in [-0.2, -0.15) is 4.31 Å². The maximum atomic E-state index is 13.7. The maximum Gasteiger partial charge on any atom is 0.243 e. The molecule has 0 radical (unpaired) electrons. The molecule has 2 amide bonds. The molecule has 3 aromatic carbocycles. The first kappa shape index (κ1) is 29.9. The molecule has 10 heteroatoms. The van der Waals surface area contributed by atoms with Crippen LogP contribution >= 0.6 is 23.2 Å². The number of likely N-dealkylation sites (N-methyl/N-ethyl adjacent to an activating group) is 1. The number of benzene rings is 3. The Labute approximate surface area is 234 Å². The van der Waals surface area contributed by atoms with Crippen molar-refractivity contribution in [3.8, 4) is 0 Å². The van der Waals surface area contributed by atoms with Crippen LogP contribution in [-0.4, -0.2) is 55.1 Å². The Morgan fingerprint density at radius 3 is 2.16 bits per heavy atom. The van der Waals surface area contributed by atoms with Gasteiger partial charge >= 0.3 is 0 Å². The number of amides is 2. The van der Waals surface area contributed by atoms with Gasteiger partial charge < -0.3 is 10.2 Å². The zero-order chi connectivity index (χ0) is 28.0. The van der Waals surface area contributed by atoms with E-state index in [2.05, 4.69) is 5.32 Å². The van der Waals surface area contributed by atoms with Crippen molar-refractivity contribution in [2.75, 3.05) is 13.6 Å². The van der Waals surface area contributed by atoms with Crippen molar-refractivity contribution < 1.29 is 18.0 Å². The van der Waals surface area contributed by atoms with E-state index in [1.807, 2.05) is 38.1 Å². The molecule has 0 fully saturated rings. The van der Waals surface area contributed by atoms with Gasteiger partial charge in [0.2, 0.25) is 21.8 Å². The van der Waals surface area contributed by atoms with Crippen molar-refractivity contribution in [2.45, 2.75) is 57.1 Å². The highest BCUT2D eigenvalue weighted by atomic mass is 35.5. The Kier molecular flexibility index (Phi) is 10.2. The molecule has 0 bridgehead atoms. The lowest BCUT2D eigenvalue weighted by molar-refractivity contribution is -0.141. The number of hydrogen-bond acceptors (Lipinski definition) is 4. The van der Waals surface area contributed by atoms with Gasteiger partial charge in [-0.1, -0.05) is 73.4 Å². The Bertz CT molecular complexity index is 1390. The van der Waals surface area contributed by atoms with Crippen molar-refractivity contribution in [3.63, 3.8) is 0 Å². The predicted molar refractivity (Wildman–Crippen MR) is 153 cm³/mol. The fourth-order valence-corrected chi connectivity index (χ4v) is 5.76. The number of nitrogens with zero attached hydrogens (tertiary/aromatic N) is 2. The van der Waals surface area contributed by atoms with E-state index in [0.29, 0.717) is 22.0 Å². The lowest BCUT2D eigenvalue weighted by atomic mass is 10.1. The van der Waals surface area contributed by atoms with Gasteiger partial charge in [0.1, 0.15) is 6.04 Å². The molecule has 204 valence electrons. The summed E-state index contributed by atoms with van der Waals surface area (Å²) in [6.45, 7) is 5.11. The molecule has 38 heavy (non-hydrogen) atoms. The van der Waals surface area contributed by atoms with Crippen LogP contribution in [0.2, 0.25) is 10.0 Å². The first-order valence-electron chi connectivity index (χ1n) is 12.5. The summed E-state index contributed by atoms with van der Waals surface area (Å²) in [5.74, 6) is -0.864. The van der Waals surface area contributed by atoms with Crippen LogP contribution in [0.25, 0.3) is 10.8 Å². The molecule has 0 unspecified atom stereocenters. The molecule has 7 nitrogen and oxygen atoms in total. The van der Waals surface area contributed by atoms with E-state index >= 15 is 0 Å². The van der Waals surface area contributed by atoms with E-state index in [4.69, 9.17) is 23.2 Å². The van der Waals surface area contributed by atoms with Gasteiger partial charge in [0.05, 0.1) is 11.4 Å². The molecule has 0 spiro atoms. The Morgan fingerprint density at radius 1 is 0.921 bits per heavy atom. The van der Waals surface area contributed by atoms with Crippen LogP contribution in [0.15, 0.2) is 65.6 Å². The molecule has 3 rings (SSSR count). The summed E-state index contributed by atoms with van der Waals surface area (Å²) < 4.78 is 27.8. The number of carbonyl (C=O) groups is 2. The number of sulfonamides is 1. The molecule has 3 aromatic rings. The third-order valence-corrected chi connectivity index (χ3v) is 9.07. The average molecular weight is 579 g/mol. The van der Waals surface area contributed by atoms with Crippen LogP contribution in [0.3, 0.4) is 0 Å². The van der Waals surface area contributed by atoms with E-state index in [-0.39, 0.29) is 23.4 Å². The third-order valence-electron chi connectivity index (χ3n) is 6.56. The minimum Gasteiger partial charge on any atom is -0.352 e. The number of hydrogen-bond donors (Lipinski definition) is 1. The standard InChI is InChI=1S/C28H33Cl2N3O4S/c1-5-19(3)31-28(35)26(6-2)33(17-23-24(29)12-9-13-25(23)30)27(34)18-32(4)38(36,37)22-15-14-20-10-7-8-11-21(20)16-22/h7-16,19,26H,5-6,17-18H2,1-4H3,(H,31,35)/t19-,26-/m1/s1. The highest BCUT2D eigenvalue weighted by molar-refractivity contribution is 7.89. The van der Waals surface area contributed by atoms with E-state index in [1.54, 1.807) is 37.3 Å². The van der Waals surface area contributed by atoms with Gasteiger partial charge in [-0.25, -0.2) is 8.42 Å². The van der Waals surface area contributed by atoms with E-state index in [9.17, 15) is 18.0 Å². The number of rotatable bonds is 11. The molecule has 0 aliphatic rings. The normalized spacial score (nSPS) is 13.3. The van der Waals surface area contributed by atoms with E-state index in [1.165, 1.54) is 18.0 Å². The van der Waals surface area contributed by atoms with Gasteiger partial charge in [0, 0.05) is 35.2 Å². The van der Waals surface area contributed by atoms with E-state index < -0.39 is 28.5 Å². The first-order valence-corrected chi connectivity index (χ1v) is 14.7. The smallest absolute Gasteiger partial charge is 0.243 e. The van der Waals surface area contributed by atoms with Crippen molar-refractivity contribution >= 4 is 55.8 Å². The minimum absolute atomic E-state index is 0.0480. The molecule has 1 N–H and O–H groups in total. The number of halogens is 2. The third kappa shape index (κ3) is 6.86. The van der Waals surface area contributed by atoms with Crippen LogP contribution in [0.4, 0.5) is 0 Å². The van der Waals surface area contributed by atoms with Crippen LogP contribution in [-0.2, 0) is 26.2 Å². The summed E-state index contributed by atoms with van der Waals surface area (Å²) in [6, 6.07) is 16.3. The SMILES string of the molecule is CC[C@@H](C)NC(=O)[C@@H](CC)N(Cc1c(Cl)cccc1Cl)C(=O)CN(C)S(=O)(=O)c1ccc2ccccc2c1. The predicted octanol–water partition coefficient (Wildman–Crippen LogP) is 5.49. The molecular weight excluding hydrogens is 545 g/mol. The zero-order valence-electron chi connectivity index (χ0n) is 21.9. The highest BCUT2D eigenvalue weighted by Crippen LogP contribution is 2.27. The minimum atomic E-state index is -3.99. The van der Waals surface area contributed by atoms with Crippen LogP contribution in [0, 0.1) is 0 Å². The summed E-state index contributed by atoms with van der Waals surface area (Å²) in [5.41, 5.74) is 0.485. The Morgan fingerprint density at radius 2 is 1.55 bits per heavy atom. The molecule has 0 aromatic heterocycles. The summed E-state index contributed by atoms with van der Waals surface area (Å²) in [4.78, 5) is 28.3. The number of fused-ring (bicyclic) bond motifs is 1. The fraction of sp³-hybridized carbons (Fsp3) is 0.357. The second-order valence-corrected chi connectivity index (χ2v) is 12.1. The van der Waals surface area contributed by atoms with Crippen molar-refractivity contribution in [1.82, 2.24) is 14.5 Å². The molecule has 0 aliphatic carbocycles.